The van der Waals surface area contributed by atoms with Crippen molar-refractivity contribution in [2.45, 2.75) is 33.6 Å². The minimum Gasteiger partial charge on any atom is -0.375 e. The van der Waals surface area contributed by atoms with E-state index in [0.717, 1.165) is 17.8 Å². The number of hydrogen-bond donors (Lipinski definition) is 2. The molecular weight excluding hydrogens is 340 g/mol. The van der Waals surface area contributed by atoms with Crippen molar-refractivity contribution in [3.05, 3.63) is 59.2 Å². The van der Waals surface area contributed by atoms with Crippen LogP contribution in [0.5, 0.6) is 0 Å². The number of hydrogen-bond acceptors (Lipinski definition) is 3. The summed E-state index contributed by atoms with van der Waals surface area (Å²) in [5.74, 6) is 0. The molecule has 0 fully saturated rings. The zero-order chi connectivity index (χ0) is 18.9. The predicted molar refractivity (Wildman–Crippen MR) is 117 cm³/mol. The smallest absolute Gasteiger partial charge is 0.191 e. The molecule has 4 nitrogen and oxygen atoms in total. The van der Waals surface area contributed by atoms with Crippen LogP contribution < -0.4 is 15.6 Å². The molecule has 0 saturated carbocycles. The van der Waals surface area contributed by atoms with E-state index in [1.165, 1.54) is 29.7 Å². The van der Waals surface area contributed by atoms with Crippen LogP contribution in [0.4, 0.5) is 11.4 Å². The highest BCUT2D eigenvalue weighted by atomic mass is 32.1. The number of anilines is 2. The number of unbranched alkanes of at least 4 members (excludes halogenated alkanes) is 1. The van der Waals surface area contributed by atoms with E-state index in [2.05, 4.69) is 78.9 Å². The SMILES string of the molecule is CCCCN(C)c1ccc(/C=N/NC(=S)Nc2cccc(C)c2C)cc1. The van der Waals surface area contributed by atoms with E-state index < -0.39 is 0 Å². The Labute approximate surface area is 162 Å². The summed E-state index contributed by atoms with van der Waals surface area (Å²) in [4.78, 5) is 2.27. The highest BCUT2D eigenvalue weighted by Gasteiger charge is 2.02. The average molecular weight is 369 g/mol. The topological polar surface area (TPSA) is 39.7 Å². The number of thiocarbonyl (C=S) groups is 1. The molecule has 0 unspecified atom stereocenters. The van der Waals surface area contributed by atoms with Gasteiger partial charge in [0.15, 0.2) is 5.11 Å². The van der Waals surface area contributed by atoms with Crippen LogP contribution in [0.3, 0.4) is 0 Å². The lowest BCUT2D eigenvalue weighted by molar-refractivity contribution is 0.767. The van der Waals surface area contributed by atoms with Gasteiger partial charge >= 0.3 is 0 Å². The van der Waals surface area contributed by atoms with Crippen molar-refractivity contribution in [3.8, 4) is 0 Å². The van der Waals surface area contributed by atoms with E-state index in [-0.39, 0.29) is 0 Å². The minimum atomic E-state index is 0.478. The molecule has 0 spiro atoms. The molecule has 2 aromatic carbocycles. The van der Waals surface area contributed by atoms with Crippen molar-refractivity contribution >= 4 is 34.9 Å². The molecule has 0 atom stereocenters. The summed E-state index contributed by atoms with van der Waals surface area (Å²) in [6, 6.07) is 14.4. The van der Waals surface area contributed by atoms with Gasteiger partial charge in [0.1, 0.15) is 0 Å². The molecule has 0 aliphatic heterocycles. The summed E-state index contributed by atoms with van der Waals surface area (Å²) in [5, 5.41) is 7.88. The first-order valence-corrected chi connectivity index (χ1v) is 9.39. The summed E-state index contributed by atoms with van der Waals surface area (Å²) in [7, 11) is 2.12. The van der Waals surface area contributed by atoms with Gasteiger partial charge in [0.2, 0.25) is 0 Å². The number of nitrogens with one attached hydrogen (secondary N) is 2. The Kier molecular flexibility index (Phi) is 7.60. The molecule has 0 heterocycles. The van der Waals surface area contributed by atoms with Crippen molar-refractivity contribution in [1.82, 2.24) is 5.43 Å². The lowest BCUT2D eigenvalue weighted by Gasteiger charge is -2.18. The van der Waals surface area contributed by atoms with Crippen LogP contribution in [0.25, 0.3) is 0 Å². The number of aryl methyl sites for hydroxylation is 1. The second-order valence-electron chi connectivity index (χ2n) is 6.44. The molecule has 2 aromatic rings. The molecule has 2 rings (SSSR count). The van der Waals surface area contributed by atoms with Crippen LogP contribution >= 0.6 is 12.2 Å². The highest BCUT2D eigenvalue weighted by molar-refractivity contribution is 7.80. The molecule has 0 amide bonds. The fraction of sp³-hybridized carbons (Fsp3) is 0.333. The molecule has 26 heavy (non-hydrogen) atoms. The predicted octanol–water partition coefficient (Wildman–Crippen LogP) is 4.86. The normalized spacial score (nSPS) is 10.8. The van der Waals surface area contributed by atoms with Gasteiger partial charge in [0.05, 0.1) is 6.21 Å². The lowest BCUT2D eigenvalue weighted by atomic mass is 10.1. The van der Waals surface area contributed by atoms with Crippen LogP contribution in [0.1, 0.15) is 36.5 Å². The Hall–Kier alpha value is -2.40. The quantitative estimate of drug-likeness (QED) is 0.416. The van der Waals surface area contributed by atoms with Crippen molar-refractivity contribution in [1.29, 1.82) is 0 Å². The van der Waals surface area contributed by atoms with Crippen LogP contribution in [0, 0.1) is 13.8 Å². The van der Waals surface area contributed by atoms with Gasteiger partial charge in [0, 0.05) is 25.0 Å². The standard InChI is InChI=1S/C21H28N4S/c1-5-6-14-25(4)19-12-10-18(11-13-19)15-22-24-21(26)23-20-9-7-8-16(2)17(20)3/h7-13,15H,5-6,14H2,1-4H3,(H2,23,24,26)/b22-15+. The van der Waals surface area contributed by atoms with Gasteiger partial charge in [-0.1, -0.05) is 37.6 Å². The third kappa shape index (κ3) is 5.85. The Bertz CT molecular complexity index is 753. The highest BCUT2D eigenvalue weighted by Crippen LogP contribution is 2.17. The maximum atomic E-state index is 5.31. The number of benzene rings is 2. The molecule has 0 saturated heterocycles. The van der Waals surface area contributed by atoms with E-state index in [1.54, 1.807) is 6.21 Å². The summed E-state index contributed by atoms with van der Waals surface area (Å²) < 4.78 is 0. The third-order valence-electron chi connectivity index (χ3n) is 4.41. The minimum absolute atomic E-state index is 0.478. The third-order valence-corrected chi connectivity index (χ3v) is 4.61. The fourth-order valence-electron chi connectivity index (χ4n) is 2.54. The van der Waals surface area contributed by atoms with Gasteiger partial charge in [-0.15, -0.1) is 0 Å². The van der Waals surface area contributed by atoms with Crippen LogP contribution in [-0.4, -0.2) is 24.9 Å². The molecule has 138 valence electrons. The van der Waals surface area contributed by atoms with Crippen molar-refractivity contribution < 1.29 is 0 Å². The Morgan fingerprint density at radius 2 is 1.88 bits per heavy atom. The fourth-order valence-corrected chi connectivity index (χ4v) is 2.70. The van der Waals surface area contributed by atoms with Crippen LogP contribution in [-0.2, 0) is 0 Å². The first-order chi connectivity index (χ1) is 12.5. The molecule has 2 N–H and O–H groups in total. The number of nitrogens with zero attached hydrogens (tertiary/aromatic N) is 2. The molecule has 0 radical (unpaired) electrons. The molecule has 0 bridgehead atoms. The van der Waals surface area contributed by atoms with Gasteiger partial charge in [-0.3, -0.25) is 5.43 Å². The zero-order valence-electron chi connectivity index (χ0n) is 16.0. The van der Waals surface area contributed by atoms with Gasteiger partial charge in [-0.05, 0) is 67.4 Å². The summed E-state index contributed by atoms with van der Waals surface area (Å²) >= 11 is 5.31. The largest absolute Gasteiger partial charge is 0.375 e. The second kappa shape index (κ2) is 9.92. The summed E-state index contributed by atoms with van der Waals surface area (Å²) in [5.41, 5.74) is 8.52. The first-order valence-electron chi connectivity index (χ1n) is 8.98. The number of rotatable bonds is 7. The maximum absolute atomic E-state index is 5.31. The van der Waals surface area contributed by atoms with E-state index in [0.29, 0.717) is 5.11 Å². The monoisotopic (exact) mass is 368 g/mol. The lowest BCUT2D eigenvalue weighted by Crippen LogP contribution is -2.24. The van der Waals surface area contributed by atoms with E-state index in [9.17, 15) is 0 Å². The number of hydrazone groups is 1. The van der Waals surface area contributed by atoms with Gasteiger partial charge in [0.25, 0.3) is 0 Å². The first kappa shape index (κ1) is 19.9. The Morgan fingerprint density at radius 1 is 1.15 bits per heavy atom. The van der Waals surface area contributed by atoms with E-state index in [4.69, 9.17) is 12.2 Å². The molecule has 5 heteroatoms. The molecule has 0 aliphatic rings. The van der Waals surface area contributed by atoms with Gasteiger partial charge < -0.3 is 10.2 Å². The van der Waals surface area contributed by atoms with E-state index in [1.807, 2.05) is 12.1 Å². The maximum Gasteiger partial charge on any atom is 0.191 e. The Morgan fingerprint density at radius 3 is 2.58 bits per heavy atom. The molecule has 0 aromatic heterocycles. The van der Waals surface area contributed by atoms with Gasteiger partial charge in [-0.2, -0.15) is 5.10 Å². The molecular formula is C21H28N4S. The summed E-state index contributed by atoms with van der Waals surface area (Å²) in [6.45, 7) is 7.44. The average Bonchev–Trinajstić information content (AvgIpc) is 2.64. The summed E-state index contributed by atoms with van der Waals surface area (Å²) in [6.07, 6.45) is 4.18. The van der Waals surface area contributed by atoms with E-state index >= 15 is 0 Å². The van der Waals surface area contributed by atoms with Gasteiger partial charge in [-0.25, -0.2) is 0 Å². The van der Waals surface area contributed by atoms with Crippen molar-refractivity contribution in [2.24, 2.45) is 5.10 Å². The molecule has 0 aliphatic carbocycles. The van der Waals surface area contributed by atoms with Crippen molar-refractivity contribution in [3.63, 3.8) is 0 Å². The zero-order valence-corrected chi connectivity index (χ0v) is 16.9. The van der Waals surface area contributed by atoms with Crippen LogP contribution in [0.2, 0.25) is 0 Å². The second-order valence-corrected chi connectivity index (χ2v) is 6.85. The van der Waals surface area contributed by atoms with Crippen molar-refractivity contribution in [2.75, 3.05) is 23.8 Å². The Balaban J connectivity index is 1.87. The van der Waals surface area contributed by atoms with Crippen LogP contribution in [0.15, 0.2) is 47.6 Å².